The van der Waals surface area contributed by atoms with Gasteiger partial charge in [-0.2, -0.15) is 0 Å². The Morgan fingerprint density at radius 3 is 2.70 bits per heavy atom. The fourth-order valence-corrected chi connectivity index (χ4v) is 3.63. The Bertz CT molecular complexity index is 1110. The summed E-state index contributed by atoms with van der Waals surface area (Å²) in [6.45, 7) is 1.92. The van der Waals surface area contributed by atoms with Gasteiger partial charge in [0.15, 0.2) is 0 Å². The molecule has 154 valence electrons. The Kier molecular flexibility index (Phi) is 5.39. The van der Waals surface area contributed by atoms with Crippen LogP contribution >= 0.6 is 11.6 Å². The third-order valence-electron chi connectivity index (χ3n) is 4.89. The second-order valence-electron chi connectivity index (χ2n) is 7.13. The molecule has 1 aromatic carbocycles. The number of fused-ring (bicyclic) bond motifs is 1. The minimum atomic E-state index is -3.08. The molecule has 2 amide bonds. The zero-order chi connectivity index (χ0) is 21.3. The second-order valence-corrected chi connectivity index (χ2v) is 7.57. The molecule has 4 rings (SSSR count). The maximum atomic E-state index is 14.7. The summed E-state index contributed by atoms with van der Waals surface area (Å²) in [5.41, 5.74) is 1.61. The number of urea groups is 1. The van der Waals surface area contributed by atoms with E-state index in [0.717, 1.165) is 5.69 Å². The van der Waals surface area contributed by atoms with E-state index in [4.69, 9.17) is 11.6 Å². The molecule has 3 aromatic rings. The average Bonchev–Trinajstić information content (AvgIpc) is 2.83. The molecule has 0 bridgehead atoms. The van der Waals surface area contributed by atoms with Crippen LogP contribution in [-0.2, 0) is 5.92 Å². The minimum absolute atomic E-state index is 0.0554. The van der Waals surface area contributed by atoms with Crippen LogP contribution in [0.5, 0.6) is 0 Å². The lowest BCUT2D eigenvalue weighted by Crippen LogP contribution is -2.36. The van der Waals surface area contributed by atoms with Gasteiger partial charge in [0.05, 0.1) is 11.3 Å². The summed E-state index contributed by atoms with van der Waals surface area (Å²) < 4.78 is 29.5. The van der Waals surface area contributed by atoms with Gasteiger partial charge in [0.25, 0.3) is 5.92 Å². The predicted octanol–water partition coefficient (Wildman–Crippen LogP) is 6.03. The number of benzene rings is 1. The van der Waals surface area contributed by atoms with Crippen LogP contribution in [0.25, 0.3) is 11.3 Å². The molecule has 0 saturated heterocycles. The Hall–Kier alpha value is -3.06. The van der Waals surface area contributed by atoms with Crippen LogP contribution in [0.2, 0.25) is 5.02 Å². The molecule has 0 fully saturated rings. The van der Waals surface area contributed by atoms with Gasteiger partial charge in [-0.05, 0) is 49.7 Å². The summed E-state index contributed by atoms with van der Waals surface area (Å²) in [5, 5.41) is 3.20. The summed E-state index contributed by atoms with van der Waals surface area (Å²) in [6.07, 6.45) is -0.213. The Morgan fingerprint density at radius 2 is 1.93 bits per heavy atom. The molecular weight excluding hydrogens is 410 g/mol. The Labute approximate surface area is 177 Å². The van der Waals surface area contributed by atoms with Crippen LogP contribution in [0.3, 0.4) is 0 Å². The Balaban J connectivity index is 1.75. The van der Waals surface area contributed by atoms with Gasteiger partial charge >= 0.3 is 6.03 Å². The molecule has 0 saturated carbocycles. The molecular formula is C22H19ClF2N4O. The van der Waals surface area contributed by atoms with Crippen molar-refractivity contribution in [2.24, 2.45) is 0 Å². The van der Waals surface area contributed by atoms with E-state index in [9.17, 15) is 13.6 Å². The Morgan fingerprint density at radius 1 is 1.13 bits per heavy atom. The van der Waals surface area contributed by atoms with Crippen LogP contribution in [0.4, 0.5) is 25.2 Å². The third kappa shape index (κ3) is 4.11. The number of anilines is 2. The van der Waals surface area contributed by atoms with Crippen molar-refractivity contribution in [2.75, 3.05) is 16.8 Å². The van der Waals surface area contributed by atoms with E-state index in [0.29, 0.717) is 22.1 Å². The van der Waals surface area contributed by atoms with Gasteiger partial charge in [0, 0.05) is 29.2 Å². The van der Waals surface area contributed by atoms with Crippen molar-refractivity contribution in [2.45, 2.75) is 25.7 Å². The zero-order valence-electron chi connectivity index (χ0n) is 16.2. The number of nitrogens with zero attached hydrogens (tertiary/aromatic N) is 3. The largest absolute Gasteiger partial charge is 0.328 e. The fourth-order valence-electron chi connectivity index (χ4n) is 3.44. The highest BCUT2D eigenvalue weighted by Gasteiger charge is 2.40. The molecule has 0 atom stereocenters. The normalized spacial score (nSPS) is 15.3. The maximum absolute atomic E-state index is 14.7. The predicted molar refractivity (Wildman–Crippen MR) is 113 cm³/mol. The maximum Gasteiger partial charge on any atom is 0.328 e. The van der Waals surface area contributed by atoms with Crippen LogP contribution in [0.15, 0.2) is 54.6 Å². The number of rotatable bonds is 2. The van der Waals surface area contributed by atoms with Gasteiger partial charge in [0.1, 0.15) is 11.6 Å². The summed E-state index contributed by atoms with van der Waals surface area (Å²) in [5.74, 6) is -2.78. The molecule has 8 heteroatoms. The molecule has 2 aromatic heterocycles. The number of aryl methyl sites for hydroxylation is 1. The van der Waals surface area contributed by atoms with E-state index >= 15 is 0 Å². The number of aromatic nitrogens is 2. The first-order valence-corrected chi connectivity index (χ1v) is 9.89. The monoisotopic (exact) mass is 428 g/mol. The van der Waals surface area contributed by atoms with E-state index in [1.807, 2.05) is 0 Å². The SMILES string of the molecule is Cc1cccc(NC(=O)N2CCCC(F)(F)c3ccc(-c4cccc(Cl)c4)nc32)n1. The van der Waals surface area contributed by atoms with Crippen molar-refractivity contribution >= 4 is 29.3 Å². The highest BCUT2D eigenvalue weighted by Crippen LogP contribution is 2.42. The summed E-state index contributed by atoms with van der Waals surface area (Å²) in [7, 11) is 0. The molecule has 0 aliphatic carbocycles. The lowest BCUT2D eigenvalue weighted by atomic mass is 10.0. The summed E-state index contributed by atoms with van der Waals surface area (Å²) >= 11 is 6.06. The number of nitrogens with one attached hydrogen (secondary N) is 1. The van der Waals surface area contributed by atoms with Crippen LogP contribution in [0.1, 0.15) is 24.1 Å². The number of hydrogen-bond acceptors (Lipinski definition) is 3. The van der Waals surface area contributed by atoms with E-state index in [1.165, 1.54) is 17.0 Å². The van der Waals surface area contributed by atoms with E-state index in [-0.39, 0.29) is 30.8 Å². The molecule has 5 nitrogen and oxygen atoms in total. The molecule has 1 aliphatic heterocycles. The summed E-state index contributed by atoms with van der Waals surface area (Å²) in [6, 6.07) is 14.5. The van der Waals surface area contributed by atoms with Crippen LogP contribution < -0.4 is 10.2 Å². The number of amides is 2. The standard InChI is InChI=1S/C22H19ClF2N4O/c1-14-5-2-8-19(26-14)28-21(30)29-12-4-11-22(24,25)17-9-10-18(27-20(17)29)15-6-3-7-16(23)13-15/h2-3,5-10,13H,4,11-12H2,1H3,(H,26,28,30). The van der Waals surface area contributed by atoms with E-state index in [1.54, 1.807) is 49.4 Å². The lowest BCUT2D eigenvalue weighted by molar-refractivity contribution is -0.0122. The van der Waals surface area contributed by atoms with Gasteiger partial charge in [-0.15, -0.1) is 0 Å². The molecule has 0 spiro atoms. The quantitative estimate of drug-likeness (QED) is 0.542. The van der Waals surface area contributed by atoms with Crippen molar-refractivity contribution in [1.82, 2.24) is 9.97 Å². The highest BCUT2D eigenvalue weighted by molar-refractivity contribution is 6.30. The first-order chi connectivity index (χ1) is 14.3. The van der Waals surface area contributed by atoms with Crippen LogP contribution in [-0.4, -0.2) is 22.5 Å². The lowest BCUT2D eigenvalue weighted by Gasteiger charge is -2.23. The molecule has 1 aliphatic rings. The highest BCUT2D eigenvalue weighted by atomic mass is 35.5. The summed E-state index contributed by atoms with van der Waals surface area (Å²) in [4.78, 5) is 22.9. The average molecular weight is 429 g/mol. The first-order valence-electron chi connectivity index (χ1n) is 9.51. The molecule has 0 unspecified atom stereocenters. The zero-order valence-corrected chi connectivity index (χ0v) is 17.0. The van der Waals surface area contributed by atoms with E-state index < -0.39 is 12.0 Å². The van der Waals surface area contributed by atoms with Gasteiger partial charge in [-0.3, -0.25) is 10.2 Å². The second kappa shape index (κ2) is 7.99. The first kappa shape index (κ1) is 20.2. The smallest absolute Gasteiger partial charge is 0.292 e. The number of alkyl halides is 2. The molecule has 3 heterocycles. The molecule has 30 heavy (non-hydrogen) atoms. The number of carbonyl (C=O) groups is 1. The minimum Gasteiger partial charge on any atom is -0.292 e. The van der Waals surface area contributed by atoms with E-state index in [2.05, 4.69) is 15.3 Å². The molecule has 0 radical (unpaired) electrons. The van der Waals surface area contributed by atoms with Crippen molar-refractivity contribution < 1.29 is 13.6 Å². The van der Waals surface area contributed by atoms with Crippen LogP contribution in [0, 0.1) is 6.92 Å². The third-order valence-corrected chi connectivity index (χ3v) is 5.12. The van der Waals surface area contributed by atoms with Gasteiger partial charge in [0.2, 0.25) is 0 Å². The number of pyridine rings is 2. The topological polar surface area (TPSA) is 58.1 Å². The molecule has 1 N–H and O–H groups in total. The van der Waals surface area contributed by atoms with Crippen molar-refractivity contribution in [3.8, 4) is 11.3 Å². The van der Waals surface area contributed by atoms with Crippen molar-refractivity contribution in [3.63, 3.8) is 0 Å². The van der Waals surface area contributed by atoms with Gasteiger partial charge in [-0.25, -0.2) is 23.5 Å². The number of halogens is 3. The van der Waals surface area contributed by atoms with Gasteiger partial charge in [-0.1, -0.05) is 29.8 Å². The number of hydrogen-bond donors (Lipinski definition) is 1. The fraction of sp³-hybridized carbons (Fsp3) is 0.227. The van der Waals surface area contributed by atoms with Gasteiger partial charge < -0.3 is 0 Å². The van der Waals surface area contributed by atoms with Crippen molar-refractivity contribution in [1.29, 1.82) is 0 Å². The van der Waals surface area contributed by atoms with Crippen molar-refractivity contribution in [3.05, 3.63) is 70.9 Å². The number of carbonyl (C=O) groups excluding carboxylic acids is 1.